The highest BCUT2D eigenvalue weighted by molar-refractivity contribution is 6.35. The Labute approximate surface area is 143 Å². The van der Waals surface area contributed by atoms with E-state index in [0.29, 0.717) is 19.5 Å². The number of aliphatic carboxylic acids is 1. The highest BCUT2D eigenvalue weighted by Crippen LogP contribution is 2.17. The molecule has 24 heavy (non-hydrogen) atoms. The number of carbonyl (C=O) groups is 3. The van der Waals surface area contributed by atoms with Crippen LogP contribution in [0.2, 0.25) is 5.15 Å². The van der Waals surface area contributed by atoms with Crippen molar-refractivity contribution in [2.75, 3.05) is 20.2 Å². The van der Waals surface area contributed by atoms with Crippen molar-refractivity contribution in [3.63, 3.8) is 0 Å². The number of likely N-dealkylation sites (tertiary alicyclic amines) is 1. The maximum atomic E-state index is 12.3. The van der Waals surface area contributed by atoms with E-state index >= 15 is 0 Å². The summed E-state index contributed by atoms with van der Waals surface area (Å²) in [6, 6.07) is 2.73. The maximum Gasteiger partial charge on any atom is 0.409 e. The Morgan fingerprint density at radius 2 is 2.25 bits per heavy atom. The standard InChI is InChI=1S/C15H16ClN3O5/c1-24-15(23)19-6-4-9(8-19)18-7-11(14(21)22)12(20)10-3-2-5-17-13(10)16/h2-3,5,7,9,18H,4,6,8H2,1H3,(H,21,22)/b11-7+. The summed E-state index contributed by atoms with van der Waals surface area (Å²) in [5, 5.41) is 12.1. The Balaban J connectivity index is 2.10. The van der Waals surface area contributed by atoms with Crippen LogP contribution in [0.4, 0.5) is 4.79 Å². The summed E-state index contributed by atoms with van der Waals surface area (Å²) in [6.45, 7) is 0.848. The fourth-order valence-electron chi connectivity index (χ4n) is 2.32. The molecule has 1 aliphatic heterocycles. The van der Waals surface area contributed by atoms with Crippen molar-refractivity contribution in [3.05, 3.63) is 40.8 Å². The minimum atomic E-state index is -1.38. The molecule has 128 valence electrons. The lowest BCUT2D eigenvalue weighted by Gasteiger charge is -2.15. The topological polar surface area (TPSA) is 109 Å². The highest BCUT2D eigenvalue weighted by Gasteiger charge is 2.27. The summed E-state index contributed by atoms with van der Waals surface area (Å²) < 4.78 is 4.63. The minimum Gasteiger partial charge on any atom is -0.477 e. The van der Waals surface area contributed by atoms with Crippen molar-refractivity contribution >= 4 is 29.4 Å². The Morgan fingerprint density at radius 3 is 2.88 bits per heavy atom. The van der Waals surface area contributed by atoms with Crippen LogP contribution in [-0.4, -0.2) is 59.1 Å². The van der Waals surface area contributed by atoms with Crippen LogP contribution in [0.1, 0.15) is 16.8 Å². The molecular formula is C15H16ClN3O5. The second-order valence-corrected chi connectivity index (χ2v) is 5.46. The first kappa shape index (κ1) is 17.7. The molecule has 1 atom stereocenters. The average molecular weight is 354 g/mol. The Hall–Kier alpha value is -2.61. The molecule has 0 aliphatic carbocycles. The molecule has 2 N–H and O–H groups in total. The number of ether oxygens (including phenoxy) is 1. The Bertz CT molecular complexity index is 691. The SMILES string of the molecule is COC(=O)N1CCC(N/C=C(/C(=O)O)C(=O)c2cccnc2Cl)C1. The number of amides is 1. The minimum absolute atomic E-state index is 0.0113. The molecule has 0 spiro atoms. The molecular weight excluding hydrogens is 338 g/mol. The number of carbonyl (C=O) groups excluding carboxylic acids is 2. The summed E-state index contributed by atoms with van der Waals surface area (Å²) in [6.07, 6.45) is 2.71. The van der Waals surface area contributed by atoms with E-state index in [1.165, 1.54) is 30.3 Å². The van der Waals surface area contributed by atoms with Gasteiger partial charge in [-0.1, -0.05) is 11.6 Å². The van der Waals surface area contributed by atoms with Gasteiger partial charge in [0, 0.05) is 31.5 Å². The molecule has 2 heterocycles. The van der Waals surface area contributed by atoms with Crippen LogP contribution < -0.4 is 5.32 Å². The second kappa shape index (κ2) is 7.78. The van der Waals surface area contributed by atoms with Crippen molar-refractivity contribution in [3.8, 4) is 0 Å². The number of hydrogen-bond acceptors (Lipinski definition) is 6. The first-order chi connectivity index (χ1) is 11.4. The number of Topliss-reactive ketones (excluding diaryl/α,β-unsaturated/α-hetero) is 1. The number of nitrogens with zero attached hydrogens (tertiary/aromatic N) is 2. The second-order valence-electron chi connectivity index (χ2n) is 5.10. The monoisotopic (exact) mass is 353 g/mol. The molecule has 0 bridgehead atoms. The van der Waals surface area contributed by atoms with Crippen LogP contribution in [0.3, 0.4) is 0 Å². The molecule has 0 radical (unpaired) electrons. The third-order valence-corrected chi connectivity index (χ3v) is 3.86. The quantitative estimate of drug-likeness (QED) is 0.270. The van der Waals surface area contributed by atoms with E-state index in [9.17, 15) is 19.5 Å². The number of methoxy groups -OCH3 is 1. The van der Waals surface area contributed by atoms with Crippen molar-refractivity contribution in [1.29, 1.82) is 0 Å². The third-order valence-electron chi connectivity index (χ3n) is 3.56. The van der Waals surface area contributed by atoms with Gasteiger partial charge >= 0.3 is 12.1 Å². The predicted octanol–water partition coefficient (Wildman–Crippen LogP) is 1.32. The van der Waals surface area contributed by atoms with Gasteiger partial charge in [0.05, 0.1) is 12.7 Å². The van der Waals surface area contributed by atoms with E-state index in [0.717, 1.165) is 6.20 Å². The number of carboxylic acid groups (broad SMARTS) is 1. The fraction of sp³-hybridized carbons (Fsp3) is 0.333. The van der Waals surface area contributed by atoms with Gasteiger partial charge in [-0.25, -0.2) is 14.6 Å². The van der Waals surface area contributed by atoms with Gasteiger partial charge in [-0.15, -0.1) is 0 Å². The number of ketones is 1. The first-order valence-electron chi connectivity index (χ1n) is 7.11. The summed E-state index contributed by atoms with van der Waals surface area (Å²) in [4.78, 5) is 40.4. The van der Waals surface area contributed by atoms with Crippen molar-refractivity contribution in [2.45, 2.75) is 12.5 Å². The fourth-order valence-corrected chi connectivity index (χ4v) is 2.52. The van der Waals surface area contributed by atoms with E-state index in [-0.39, 0.29) is 16.8 Å². The van der Waals surface area contributed by atoms with Gasteiger partial charge in [0.15, 0.2) is 0 Å². The van der Waals surface area contributed by atoms with E-state index in [2.05, 4.69) is 15.0 Å². The smallest absolute Gasteiger partial charge is 0.409 e. The molecule has 1 aromatic rings. The van der Waals surface area contributed by atoms with Crippen molar-refractivity contribution in [1.82, 2.24) is 15.2 Å². The zero-order chi connectivity index (χ0) is 17.7. The van der Waals surface area contributed by atoms with E-state index in [1.807, 2.05) is 0 Å². The molecule has 1 saturated heterocycles. The van der Waals surface area contributed by atoms with Gasteiger partial charge in [0.1, 0.15) is 10.7 Å². The molecule has 2 rings (SSSR count). The van der Waals surface area contributed by atoms with Crippen LogP contribution in [0.25, 0.3) is 0 Å². The maximum absolute atomic E-state index is 12.3. The lowest BCUT2D eigenvalue weighted by molar-refractivity contribution is -0.132. The highest BCUT2D eigenvalue weighted by atomic mass is 35.5. The van der Waals surface area contributed by atoms with Gasteiger partial charge < -0.3 is 20.1 Å². The normalized spacial score (nSPS) is 17.5. The van der Waals surface area contributed by atoms with Crippen LogP contribution >= 0.6 is 11.6 Å². The van der Waals surface area contributed by atoms with Crippen molar-refractivity contribution in [2.24, 2.45) is 0 Å². The van der Waals surface area contributed by atoms with Gasteiger partial charge in [-0.2, -0.15) is 0 Å². The summed E-state index contributed by atoms with van der Waals surface area (Å²) in [7, 11) is 1.29. The van der Waals surface area contributed by atoms with Crippen LogP contribution in [0, 0.1) is 0 Å². The molecule has 1 aliphatic rings. The number of halogens is 1. The largest absolute Gasteiger partial charge is 0.477 e. The molecule has 8 nitrogen and oxygen atoms in total. The van der Waals surface area contributed by atoms with E-state index in [4.69, 9.17) is 11.6 Å². The van der Waals surface area contributed by atoms with Gasteiger partial charge in [0.2, 0.25) is 5.78 Å². The number of nitrogens with one attached hydrogen (secondary N) is 1. The predicted molar refractivity (Wildman–Crippen MR) is 84.8 cm³/mol. The number of carboxylic acids is 1. The van der Waals surface area contributed by atoms with Crippen LogP contribution in [0.15, 0.2) is 30.1 Å². The Morgan fingerprint density at radius 1 is 1.50 bits per heavy atom. The lowest BCUT2D eigenvalue weighted by atomic mass is 10.1. The molecule has 1 fully saturated rings. The molecule has 1 amide bonds. The average Bonchev–Trinajstić information content (AvgIpc) is 3.03. The van der Waals surface area contributed by atoms with Crippen LogP contribution in [0.5, 0.6) is 0 Å². The molecule has 1 unspecified atom stereocenters. The van der Waals surface area contributed by atoms with Crippen LogP contribution in [-0.2, 0) is 9.53 Å². The zero-order valence-electron chi connectivity index (χ0n) is 12.9. The molecule has 0 saturated carbocycles. The van der Waals surface area contributed by atoms with Crippen molar-refractivity contribution < 1.29 is 24.2 Å². The third kappa shape index (κ3) is 4.02. The Kier molecular flexibility index (Phi) is 5.75. The molecule has 0 aromatic carbocycles. The number of aromatic nitrogens is 1. The molecule has 9 heteroatoms. The lowest BCUT2D eigenvalue weighted by Crippen LogP contribution is -2.33. The number of rotatable bonds is 5. The number of pyridine rings is 1. The van der Waals surface area contributed by atoms with Gasteiger partial charge in [0.25, 0.3) is 0 Å². The van der Waals surface area contributed by atoms with Gasteiger partial charge in [-0.05, 0) is 18.6 Å². The zero-order valence-corrected chi connectivity index (χ0v) is 13.6. The summed E-state index contributed by atoms with van der Waals surface area (Å²) >= 11 is 5.83. The summed E-state index contributed by atoms with van der Waals surface area (Å²) in [5.41, 5.74) is -0.446. The van der Waals surface area contributed by atoms with E-state index < -0.39 is 23.4 Å². The first-order valence-corrected chi connectivity index (χ1v) is 7.49. The summed E-state index contributed by atoms with van der Waals surface area (Å²) in [5.74, 6) is -2.12. The number of hydrogen-bond donors (Lipinski definition) is 2. The van der Waals surface area contributed by atoms with E-state index in [1.54, 1.807) is 0 Å². The van der Waals surface area contributed by atoms with Gasteiger partial charge in [-0.3, -0.25) is 4.79 Å². The molecule has 1 aromatic heterocycles.